The number of aliphatic hydroxyl groups excluding tert-OH is 1. The summed E-state index contributed by atoms with van der Waals surface area (Å²) >= 11 is 0. The van der Waals surface area contributed by atoms with Crippen LogP contribution in [0.4, 0.5) is 0 Å². The van der Waals surface area contributed by atoms with Gasteiger partial charge in [0.25, 0.3) is 5.82 Å². The summed E-state index contributed by atoms with van der Waals surface area (Å²) in [6, 6.07) is 10.4. The molecule has 0 amide bonds. The van der Waals surface area contributed by atoms with Crippen molar-refractivity contribution >= 4 is 0 Å². The van der Waals surface area contributed by atoms with Crippen LogP contribution in [-0.2, 0) is 13.1 Å². The van der Waals surface area contributed by atoms with Crippen LogP contribution in [0.5, 0.6) is 0 Å². The van der Waals surface area contributed by atoms with Gasteiger partial charge >= 0.3 is 0 Å². The minimum absolute atomic E-state index is 0.180. The van der Waals surface area contributed by atoms with Crippen molar-refractivity contribution in [2.24, 2.45) is 0 Å². The first-order valence-electron chi connectivity index (χ1n) is 6.45. The van der Waals surface area contributed by atoms with Crippen molar-refractivity contribution in [1.29, 1.82) is 0 Å². The van der Waals surface area contributed by atoms with Gasteiger partial charge in [-0.1, -0.05) is 44.2 Å². The second-order valence-electron chi connectivity index (χ2n) is 4.84. The van der Waals surface area contributed by atoms with E-state index >= 15 is 0 Å². The molecule has 18 heavy (non-hydrogen) atoms. The molecule has 3 heteroatoms. The highest BCUT2D eigenvalue weighted by molar-refractivity contribution is 5.13. The zero-order valence-corrected chi connectivity index (χ0v) is 11.1. The Labute approximate surface area is 108 Å². The van der Waals surface area contributed by atoms with Crippen LogP contribution in [0.1, 0.15) is 31.2 Å². The van der Waals surface area contributed by atoms with Crippen molar-refractivity contribution in [1.82, 2.24) is 4.57 Å². The predicted octanol–water partition coefficient (Wildman–Crippen LogP) is 1.94. The highest BCUT2D eigenvalue weighted by Crippen LogP contribution is 2.11. The number of benzene rings is 1. The summed E-state index contributed by atoms with van der Waals surface area (Å²) in [5, 5.41) is 9.09. The van der Waals surface area contributed by atoms with E-state index in [1.54, 1.807) is 0 Å². The van der Waals surface area contributed by atoms with Crippen molar-refractivity contribution < 1.29 is 9.67 Å². The molecule has 2 rings (SSSR count). The van der Waals surface area contributed by atoms with E-state index in [4.69, 9.17) is 5.11 Å². The molecule has 0 unspecified atom stereocenters. The van der Waals surface area contributed by atoms with Crippen LogP contribution in [-0.4, -0.2) is 16.3 Å². The Balaban J connectivity index is 2.28. The molecule has 0 radical (unpaired) electrons. The molecule has 0 aliphatic heterocycles. The number of aromatic nitrogens is 2. The van der Waals surface area contributed by atoms with Gasteiger partial charge in [0.1, 0.15) is 25.5 Å². The summed E-state index contributed by atoms with van der Waals surface area (Å²) in [7, 11) is 0. The van der Waals surface area contributed by atoms with E-state index in [1.165, 1.54) is 11.4 Å². The summed E-state index contributed by atoms with van der Waals surface area (Å²) < 4.78 is 4.39. The van der Waals surface area contributed by atoms with Crippen LogP contribution >= 0.6 is 0 Å². The fraction of sp³-hybridized carbons (Fsp3) is 0.400. The van der Waals surface area contributed by atoms with Crippen LogP contribution in [0.2, 0.25) is 0 Å². The van der Waals surface area contributed by atoms with E-state index in [1.807, 2.05) is 6.07 Å². The Morgan fingerprint density at radius 3 is 2.56 bits per heavy atom. The normalized spacial score (nSPS) is 11.1. The standard InChI is InChI=1S/C15H21N2O/c1-13(2)15-16(10-11-18)8-9-17(15)12-14-6-4-3-5-7-14/h3-9,13,18H,10-12H2,1-2H3/q+1. The third-order valence-corrected chi connectivity index (χ3v) is 3.07. The molecule has 0 bridgehead atoms. The van der Waals surface area contributed by atoms with E-state index in [0.29, 0.717) is 12.5 Å². The maximum absolute atomic E-state index is 9.09. The zero-order chi connectivity index (χ0) is 13.0. The van der Waals surface area contributed by atoms with Gasteiger partial charge in [-0.3, -0.25) is 0 Å². The monoisotopic (exact) mass is 245 g/mol. The van der Waals surface area contributed by atoms with Gasteiger partial charge < -0.3 is 5.11 Å². The number of rotatable bonds is 5. The van der Waals surface area contributed by atoms with Crippen molar-refractivity contribution in [3.05, 3.63) is 54.1 Å². The summed E-state index contributed by atoms with van der Waals surface area (Å²) in [4.78, 5) is 0. The van der Waals surface area contributed by atoms with Gasteiger partial charge in [0.2, 0.25) is 0 Å². The molecule has 1 aromatic heterocycles. The lowest BCUT2D eigenvalue weighted by Crippen LogP contribution is -2.38. The largest absolute Gasteiger partial charge is 0.392 e. The fourth-order valence-electron chi connectivity index (χ4n) is 2.35. The molecule has 96 valence electrons. The predicted molar refractivity (Wildman–Crippen MR) is 71.3 cm³/mol. The summed E-state index contributed by atoms with van der Waals surface area (Å²) in [5.74, 6) is 1.70. The smallest absolute Gasteiger partial charge is 0.259 e. The van der Waals surface area contributed by atoms with Crippen LogP contribution in [0.25, 0.3) is 0 Å². The molecule has 0 aliphatic rings. The Morgan fingerprint density at radius 2 is 1.94 bits per heavy atom. The third-order valence-electron chi connectivity index (χ3n) is 3.07. The van der Waals surface area contributed by atoms with E-state index in [9.17, 15) is 0 Å². The zero-order valence-electron chi connectivity index (χ0n) is 11.1. The fourth-order valence-corrected chi connectivity index (χ4v) is 2.35. The number of hydrogen-bond acceptors (Lipinski definition) is 1. The number of hydrogen-bond donors (Lipinski definition) is 1. The Bertz CT molecular complexity index is 488. The molecular formula is C15H21N2O+. The number of nitrogens with zero attached hydrogens (tertiary/aromatic N) is 2. The first-order chi connectivity index (χ1) is 8.72. The van der Waals surface area contributed by atoms with Gasteiger partial charge in [0.15, 0.2) is 0 Å². The number of imidazole rings is 1. The molecule has 0 fully saturated rings. The molecule has 1 N–H and O–H groups in total. The van der Waals surface area contributed by atoms with Crippen LogP contribution in [0, 0.1) is 0 Å². The first-order valence-corrected chi connectivity index (χ1v) is 6.45. The molecule has 0 saturated heterocycles. The lowest BCUT2D eigenvalue weighted by molar-refractivity contribution is -0.696. The average molecular weight is 245 g/mol. The molecule has 2 aromatic rings. The van der Waals surface area contributed by atoms with Gasteiger partial charge in [-0.2, -0.15) is 0 Å². The molecule has 0 spiro atoms. The molecule has 0 aliphatic carbocycles. The van der Waals surface area contributed by atoms with Crippen LogP contribution in [0.3, 0.4) is 0 Å². The first kappa shape index (κ1) is 12.8. The Kier molecular flexibility index (Phi) is 4.15. The van der Waals surface area contributed by atoms with Crippen molar-refractivity contribution in [2.75, 3.05) is 6.61 Å². The maximum Gasteiger partial charge on any atom is 0.259 e. The van der Waals surface area contributed by atoms with E-state index in [0.717, 1.165) is 6.54 Å². The summed E-state index contributed by atoms with van der Waals surface area (Å²) in [6.07, 6.45) is 4.15. The quantitative estimate of drug-likeness (QED) is 0.801. The van der Waals surface area contributed by atoms with Crippen molar-refractivity contribution in [3.8, 4) is 0 Å². The lowest BCUT2D eigenvalue weighted by Gasteiger charge is -2.07. The van der Waals surface area contributed by atoms with E-state index in [-0.39, 0.29) is 6.61 Å². The highest BCUT2D eigenvalue weighted by Gasteiger charge is 2.20. The van der Waals surface area contributed by atoms with Crippen LogP contribution in [0.15, 0.2) is 42.7 Å². The average Bonchev–Trinajstić information content (AvgIpc) is 2.74. The number of aliphatic hydroxyl groups is 1. The van der Waals surface area contributed by atoms with Gasteiger partial charge in [-0.05, 0) is 5.56 Å². The molecule has 1 aromatic carbocycles. The van der Waals surface area contributed by atoms with Crippen molar-refractivity contribution in [3.63, 3.8) is 0 Å². The summed E-state index contributed by atoms with van der Waals surface area (Å²) in [5.41, 5.74) is 1.30. The van der Waals surface area contributed by atoms with Crippen LogP contribution < -0.4 is 4.57 Å². The molecule has 1 heterocycles. The second-order valence-corrected chi connectivity index (χ2v) is 4.84. The SMILES string of the molecule is CC(C)c1n(CCO)cc[n+]1Cc1ccccc1. The Hall–Kier alpha value is -1.61. The van der Waals surface area contributed by atoms with Gasteiger partial charge in [0.05, 0.1) is 12.5 Å². The van der Waals surface area contributed by atoms with E-state index < -0.39 is 0 Å². The highest BCUT2D eigenvalue weighted by atomic mass is 16.3. The molecule has 0 atom stereocenters. The maximum atomic E-state index is 9.09. The minimum atomic E-state index is 0.180. The summed E-state index contributed by atoms with van der Waals surface area (Å²) in [6.45, 7) is 6.09. The lowest BCUT2D eigenvalue weighted by atomic mass is 10.2. The minimum Gasteiger partial charge on any atom is -0.392 e. The second kappa shape index (κ2) is 5.83. The molecule has 3 nitrogen and oxygen atoms in total. The third kappa shape index (κ3) is 2.79. The molecular weight excluding hydrogens is 224 g/mol. The van der Waals surface area contributed by atoms with E-state index in [2.05, 4.69) is 59.6 Å². The topological polar surface area (TPSA) is 29.0 Å². The van der Waals surface area contributed by atoms with Crippen molar-refractivity contribution in [2.45, 2.75) is 32.9 Å². The van der Waals surface area contributed by atoms with Gasteiger partial charge in [0, 0.05) is 0 Å². The van der Waals surface area contributed by atoms with Gasteiger partial charge in [-0.15, -0.1) is 0 Å². The molecule has 0 saturated carbocycles. The van der Waals surface area contributed by atoms with Gasteiger partial charge in [-0.25, -0.2) is 9.13 Å². The Morgan fingerprint density at radius 1 is 1.22 bits per heavy atom.